The number of likely N-dealkylation sites (N-methyl/N-ethyl adjacent to an activating group) is 1. The third kappa shape index (κ3) is 7.25. The summed E-state index contributed by atoms with van der Waals surface area (Å²) in [4.78, 5) is 19.0. The summed E-state index contributed by atoms with van der Waals surface area (Å²) in [7, 11) is 3.48. The maximum atomic E-state index is 11.8. The van der Waals surface area contributed by atoms with Crippen molar-refractivity contribution in [2.75, 3.05) is 46.1 Å². The van der Waals surface area contributed by atoms with Crippen molar-refractivity contribution in [1.29, 1.82) is 0 Å². The van der Waals surface area contributed by atoms with Crippen LogP contribution in [0.3, 0.4) is 0 Å². The summed E-state index contributed by atoms with van der Waals surface area (Å²) in [6.45, 7) is 4.50. The molecule has 0 saturated carbocycles. The highest BCUT2D eigenvalue weighted by atomic mass is 32.2. The fourth-order valence-corrected chi connectivity index (χ4v) is 3.35. The Hall–Kier alpha value is -1.73. The first-order valence-corrected chi connectivity index (χ1v) is 10.0. The van der Waals surface area contributed by atoms with E-state index in [1.54, 1.807) is 30.8 Å². The molecule has 1 unspecified atom stereocenters. The van der Waals surface area contributed by atoms with Crippen LogP contribution in [-0.4, -0.2) is 68.5 Å². The van der Waals surface area contributed by atoms with Crippen LogP contribution in [0.25, 0.3) is 0 Å². The van der Waals surface area contributed by atoms with E-state index in [-0.39, 0.29) is 18.1 Å². The molecule has 7 heteroatoms. The van der Waals surface area contributed by atoms with Gasteiger partial charge in [-0.1, -0.05) is 18.2 Å². The van der Waals surface area contributed by atoms with Crippen LogP contribution < -0.4 is 10.6 Å². The van der Waals surface area contributed by atoms with Gasteiger partial charge in [-0.2, -0.15) is 0 Å². The highest BCUT2D eigenvalue weighted by molar-refractivity contribution is 7.99. The maximum Gasteiger partial charge on any atom is 0.243 e. The number of carbonyl (C=O) groups excluding carboxylic acids is 1. The lowest BCUT2D eigenvalue weighted by molar-refractivity contribution is -0.127. The zero-order valence-corrected chi connectivity index (χ0v) is 16.8. The Bertz CT molecular complexity index is 586. The van der Waals surface area contributed by atoms with E-state index in [1.165, 1.54) is 4.90 Å². The van der Waals surface area contributed by atoms with Gasteiger partial charge in [-0.3, -0.25) is 4.79 Å². The number of nitrogens with one attached hydrogen (secondary N) is 2. The van der Waals surface area contributed by atoms with Gasteiger partial charge in [0.25, 0.3) is 0 Å². The van der Waals surface area contributed by atoms with Gasteiger partial charge in [0.1, 0.15) is 6.54 Å². The summed E-state index contributed by atoms with van der Waals surface area (Å²) in [5, 5.41) is 6.65. The summed E-state index contributed by atoms with van der Waals surface area (Å²) in [6, 6.07) is 10.3. The van der Waals surface area contributed by atoms with E-state index in [0.29, 0.717) is 12.5 Å². The molecule has 1 saturated heterocycles. The molecule has 1 aliphatic heterocycles. The largest absolute Gasteiger partial charge is 0.373 e. The topological polar surface area (TPSA) is 66.0 Å². The fraction of sp³-hybridized carbons (Fsp3) is 0.579. The molecule has 1 atom stereocenters. The Kier molecular flexibility index (Phi) is 8.25. The molecule has 144 valence electrons. The number of hydrogen-bond donors (Lipinski definition) is 2. The van der Waals surface area contributed by atoms with Gasteiger partial charge in [-0.05, 0) is 31.9 Å². The summed E-state index contributed by atoms with van der Waals surface area (Å²) in [5.74, 6) is 1.55. The summed E-state index contributed by atoms with van der Waals surface area (Å²) in [5.41, 5.74) is -0.160. The minimum Gasteiger partial charge on any atom is -0.373 e. The predicted octanol–water partition coefficient (Wildman–Crippen LogP) is 1.97. The average Bonchev–Trinajstić information content (AvgIpc) is 3.07. The van der Waals surface area contributed by atoms with E-state index >= 15 is 0 Å². The van der Waals surface area contributed by atoms with Crippen molar-refractivity contribution in [3.8, 4) is 0 Å². The van der Waals surface area contributed by atoms with E-state index in [2.05, 4.69) is 34.7 Å². The molecule has 6 nitrogen and oxygen atoms in total. The van der Waals surface area contributed by atoms with Gasteiger partial charge >= 0.3 is 0 Å². The smallest absolute Gasteiger partial charge is 0.243 e. The number of ether oxygens (including phenoxy) is 1. The quantitative estimate of drug-likeness (QED) is 0.313. The summed E-state index contributed by atoms with van der Waals surface area (Å²) in [6.07, 6.45) is 2.12. The van der Waals surface area contributed by atoms with Crippen molar-refractivity contribution in [1.82, 2.24) is 15.5 Å². The molecule has 0 bridgehead atoms. The van der Waals surface area contributed by atoms with Crippen LogP contribution in [-0.2, 0) is 9.53 Å². The Morgan fingerprint density at radius 2 is 2.08 bits per heavy atom. The van der Waals surface area contributed by atoms with Crippen LogP contribution in [0.5, 0.6) is 0 Å². The van der Waals surface area contributed by atoms with Crippen molar-refractivity contribution >= 4 is 23.6 Å². The first-order valence-electron chi connectivity index (χ1n) is 9.03. The van der Waals surface area contributed by atoms with Crippen molar-refractivity contribution in [2.24, 2.45) is 4.99 Å². The van der Waals surface area contributed by atoms with Gasteiger partial charge in [0, 0.05) is 44.4 Å². The number of hydrogen-bond acceptors (Lipinski definition) is 4. The van der Waals surface area contributed by atoms with E-state index in [1.807, 2.05) is 18.2 Å². The highest BCUT2D eigenvalue weighted by Gasteiger charge is 2.29. The summed E-state index contributed by atoms with van der Waals surface area (Å²) >= 11 is 1.79. The van der Waals surface area contributed by atoms with Crippen molar-refractivity contribution in [3.63, 3.8) is 0 Å². The monoisotopic (exact) mass is 378 g/mol. The van der Waals surface area contributed by atoms with Crippen LogP contribution in [0.2, 0.25) is 0 Å². The van der Waals surface area contributed by atoms with Gasteiger partial charge in [0.15, 0.2) is 5.96 Å². The molecule has 1 aliphatic rings. The van der Waals surface area contributed by atoms with E-state index in [9.17, 15) is 4.79 Å². The molecule has 0 spiro atoms. The Morgan fingerprint density at radius 1 is 1.31 bits per heavy atom. The second-order valence-electron chi connectivity index (χ2n) is 6.80. The lowest BCUT2D eigenvalue weighted by Gasteiger charge is -2.25. The standard InChI is InChI=1S/C19H30N4O2S/c1-19(10-7-12-25-19)15-22-18(21-14-17(24)23(2)3)20-11-13-26-16-8-5-4-6-9-16/h4-6,8-9H,7,10-15H2,1-3H3,(H2,20,21,22). The van der Waals surface area contributed by atoms with Gasteiger partial charge in [0.2, 0.25) is 5.91 Å². The Morgan fingerprint density at radius 3 is 2.73 bits per heavy atom. The first kappa shape index (κ1) is 20.6. The van der Waals surface area contributed by atoms with Gasteiger partial charge in [-0.15, -0.1) is 11.8 Å². The van der Waals surface area contributed by atoms with Crippen LogP contribution in [0.1, 0.15) is 19.8 Å². The minimum absolute atomic E-state index is 0.0203. The number of amides is 1. The Balaban J connectivity index is 1.82. The second kappa shape index (κ2) is 10.4. The number of nitrogens with zero attached hydrogens (tertiary/aromatic N) is 2. The molecule has 26 heavy (non-hydrogen) atoms. The number of aliphatic imine (C=N–C) groups is 1. The lowest BCUT2D eigenvalue weighted by atomic mass is 10.0. The van der Waals surface area contributed by atoms with Crippen molar-refractivity contribution < 1.29 is 9.53 Å². The Labute approximate surface area is 160 Å². The summed E-state index contributed by atoms with van der Waals surface area (Å²) < 4.78 is 5.81. The number of carbonyl (C=O) groups is 1. The normalized spacial score (nSPS) is 20.0. The number of thioether (sulfide) groups is 1. The second-order valence-corrected chi connectivity index (χ2v) is 7.97. The molecule has 0 aliphatic carbocycles. The van der Waals surface area contributed by atoms with E-state index in [0.717, 1.165) is 31.7 Å². The number of guanidine groups is 1. The van der Waals surface area contributed by atoms with Crippen molar-refractivity contribution in [3.05, 3.63) is 30.3 Å². The van der Waals surface area contributed by atoms with Crippen LogP contribution >= 0.6 is 11.8 Å². The zero-order chi connectivity index (χ0) is 18.8. The van der Waals surface area contributed by atoms with Gasteiger partial charge in [0.05, 0.1) is 5.60 Å². The third-order valence-electron chi connectivity index (χ3n) is 4.21. The molecule has 1 aromatic carbocycles. The van der Waals surface area contributed by atoms with Crippen molar-refractivity contribution in [2.45, 2.75) is 30.3 Å². The molecule has 1 fully saturated rings. The number of benzene rings is 1. The maximum absolute atomic E-state index is 11.8. The zero-order valence-electron chi connectivity index (χ0n) is 16.0. The third-order valence-corrected chi connectivity index (χ3v) is 5.22. The molecular weight excluding hydrogens is 348 g/mol. The lowest BCUT2D eigenvalue weighted by Crippen LogP contribution is -2.46. The van der Waals surface area contributed by atoms with Crippen LogP contribution in [0.15, 0.2) is 40.2 Å². The molecular formula is C19H30N4O2S. The SMILES string of the molecule is CN(C)C(=O)CN=C(NCCSc1ccccc1)NCC1(C)CCCO1. The van der Waals surface area contributed by atoms with Gasteiger partial charge < -0.3 is 20.3 Å². The molecule has 2 N–H and O–H groups in total. The molecule has 0 aromatic heterocycles. The highest BCUT2D eigenvalue weighted by Crippen LogP contribution is 2.23. The van der Waals surface area contributed by atoms with Crippen LogP contribution in [0.4, 0.5) is 0 Å². The number of rotatable bonds is 8. The molecule has 0 radical (unpaired) electrons. The fourth-order valence-electron chi connectivity index (χ4n) is 2.56. The minimum atomic E-state index is -0.160. The molecule has 1 heterocycles. The average molecular weight is 379 g/mol. The first-order chi connectivity index (χ1) is 12.5. The molecule has 1 aromatic rings. The van der Waals surface area contributed by atoms with E-state index < -0.39 is 0 Å². The van der Waals surface area contributed by atoms with Crippen LogP contribution in [0, 0.1) is 0 Å². The van der Waals surface area contributed by atoms with Gasteiger partial charge in [-0.25, -0.2) is 4.99 Å². The molecule has 1 amide bonds. The predicted molar refractivity (Wildman–Crippen MR) is 108 cm³/mol. The molecule has 2 rings (SSSR count). The van der Waals surface area contributed by atoms with E-state index in [4.69, 9.17) is 4.74 Å².